The van der Waals surface area contributed by atoms with Crippen LogP contribution in [0, 0.1) is 5.82 Å². The number of Topliss-reactive ketones (excluding diaryl/α,β-unsaturated/α-hetero) is 1. The second kappa shape index (κ2) is 8.34. The predicted octanol–water partition coefficient (Wildman–Crippen LogP) is 2.62. The third kappa shape index (κ3) is 4.53. The monoisotopic (exact) mass is 384 g/mol. The van der Waals surface area contributed by atoms with Gasteiger partial charge in [0, 0.05) is 11.4 Å². The molecule has 1 aliphatic rings. The van der Waals surface area contributed by atoms with Crippen molar-refractivity contribution in [2.24, 2.45) is 0 Å². The molecule has 0 saturated carbocycles. The summed E-state index contributed by atoms with van der Waals surface area (Å²) in [7, 11) is 0. The number of nitrogens with one attached hydrogen (secondary N) is 2. The quantitative estimate of drug-likeness (QED) is 0.587. The Morgan fingerprint density at radius 3 is 2.43 bits per heavy atom. The van der Waals surface area contributed by atoms with Crippen molar-refractivity contribution in [2.75, 3.05) is 17.2 Å². The van der Waals surface area contributed by atoms with Gasteiger partial charge in [-0.2, -0.15) is 0 Å². The Kier molecular flexibility index (Phi) is 5.69. The van der Waals surface area contributed by atoms with Crippen molar-refractivity contribution in [3.8, 4) is 0 Å². The molecule has 0 bridgehead atoms. The number of carbonyl (C=O) groups excluding carboxylic acids is 3. The molecule has 2 aromatic rings. The van der Waals surface area contributed by atoms with Crippen LogP contribution in [-0.2, 0) is 23.9 Å². The van der Waals surface area contributed by atoms with Gasteiger partial charge in [0.1, 0.15) is 5.82 Å². The Morgan fingerprint density at radius 2 is 1.75 bits per heavy atom. The number of esters is 1. The molecule has 1 heterocycles. The van der Waals surface area contributed by atoms with Gasteiger partial charge >= 0.3 is 5.97 Å². The summed E-state index contributed by atoms with van der Waals surface area (Å²) in [5, 5.41) is 5.35. The highest BCUT2D eigenvalue weighted by molar-refractivity contribution is 6.20. The van der Waals surface area contributed by atoms with Crippen LogP contribution < -0.4 is 10.6 Å². The third-order valence-corrected chi connectivity index (χ3v) is 3.85. The zero-order chi connectivity index (χ0) is 20.1. The Hall–Kier alpha value is -3.68. The van der Waals surface area contributed by atoms with Crippen LogP contribution in [0.5, 0.6) is 0 Å². The number of halogens is 1. The molecule has 3 rings (SSSR count). The highest BCUT2D eigenvalue weighted by Crippen LogP contribution is 2.21. The minimum absolute atomic E-state index is 0.0210. The maximum absolute atomic E-state index is 12.9. The highest BCUT2D eigenvalue weighted by Gasteiger charge is 2.34. The summed E-state index contributed by atoms with van der Waals surface area (Å²) in [5.74, 6) is -2.60. The van der Waals surface area contributed by atoms with Gasteiger partial charge in [0.2, 0.25) is 11.7 Å². The van der Waals surface area contributed by atoms with Gasteiger partial charge in [-0.25, -0.2) is 9.18 Å². The van der Waals surface area contributed by atoms with Crippen LogP contribution in [0.3, 0.4) is 0 Å². The van der Waals surface area contributed by atoms with Gasteiger partial charge in [0.15, 0.2) is 18.3 Å². The van der Waals surface area contributed by atoms with Crippen molar-refractivity contribution < 1.29 is 28.2 Å². The van der Waals surface area contributed by atoms with Crippen molar-refractivity contribution in [3.63, 3.8) is 0 Å². The molecule has 1 atom stereocenters. The van der Waals surface area contributed by atoms with Gasteiger partial charge in [-0.3, -0.25) is 9.59 Å². The van der Waals surface area contributed by atoms with E-state index in [4.69, 9.17) is 9.47 Å². The minimum atomic E-state index is -1.18. The number of ketones is 1. The van der Waals surface area contributed by atoms with Crippen molar-refractivity contribution in [3.05, 3.63) is 71.9 Å². The SMILES string of the molecule is C[C@H](OC(=O)C1=C(Nc2ccccc2)OCC1=O)C(=O)Nc1ccc(F)cc1. The van der Waals surface area contributed by atoms with Crippen molar-refractivity contribution >= 4 is 29.0 Å². The fourth-order valence-electron chi connectivity index (χ4n) is 2.42. The first kappa shape index (κ1) is 19.1. The normalized spacial score (nSPS) is 14.3. The van der Waals surface area contributed by atoms with Crippen LogP contribution in [0.25, 0.3) is 0 Å². The number of benzene rings is 2. The Morgan fingerprint density at radius 1 is 1.07 bits per heavy atom. The lowest BCUT2D eigenvalue weighted by molar-refractivity contribution is -0.150. The molecule has 0 aromatic heterocycles. The van der Waals surface area contributed by atoms with Gasteiger partial charge in [-0.15, -0.1) is 0 Å². The Bertz CT molecular complexity index is 925. The number of amides is 1. The number of anilines is 2. The second-order valence-electron chi connectivity index (χ2n) is 5.95. The summed E-state index contributed by atoms with van der Waals surface area (Å²) >= 11 is 0. The summed E-state index contributed by atoms with van der Waals surface area (Å²) < 4.78 is 23.3. The fourth-order valence-corrected chi connectivity index (χ4v) is 2.42. The lowest BCUT2D eigenvalue weighted by Gasteiger charge is -2.14. The minimum Gasteiger partial charge on any atom is -0.470 e. The molecule has 2 N–H and O–H groups in total. The highest BCUT2D eigenvalue weighted by atomic mass is 19.1. The van der Waals surface area contributed by atoms with E-state index in [2.05, 4.69) is 10.6 Å². The van der Waals surface area contributed by atoms with E-state index in [-0.39, 0.29) is 18.1 Å². The molecule has 0 radical (unpaired) electrons. The summed E-state index contributed by atoms with van der Waals surface area (Å²) in [6.45, 7) is 1.07. The third-order valence-electron chi connectivity index (χ3n) is 3.85. The smallest absolute Gasteiger partial charge is 0.348 e. The van der Waals surface area contributed by atoms with Gasteiger partial charge in [0.05, 0.1) is 0 Å². The predicted molar refractivity (Wildman–Crippen MR) is 98.6 cm³/mol. The number of ether oxygens (including phenoxy) is 2. The molecular weight excluding hydrogens is 367 g/mol. The summed E-state index contributed by atoms with van der Waals surface area (Å²) in [5.41, 5.74) is 0.685. The molecule has 1 amide bonds. The number of para-hydroxylation sites is 1. The second-order valence-corrected chi connectivity index (χ2v) is 5.95. The van der Waals surface area contributed by atoms with Crippen molar-refractivity contribution in [1.82, 2.24) is 0 Å². The first-order valence-electron chi connectivity index (χ1n) is 8.44. The molecule has 28 heavy (non-hydrogen) atoms. The molecule has 8 heteroatoms. The fraction of sp³-hybridized carbons (Fsp3) is 0.150. The van der Waals surface area contributed by atoms with Crippen LogP contribution in [0.4, 0.5) is 15.8 Å². The summed E-state index contributed by atoms with van der Waals surface area (Å²) in [4.78, 5) is 36.6. The van der Waals surface area contributed by atoms with E-state index in [1.54, 1.807) is 24.3 Å². The molecule has 0 spiro atoms. The van der Waals surface area contributed by atoms with Gasteiger partial charge in [-0.05, 0) is 43.3 Å². The van der Waals surface area contributed by atoms with Gasteiger partial charge in [-0.1, -0.05) is 18.2 Å². The maximum Gasteiger partial charge on any atom is 0.348 e. The number of carbonyl (C=O) groups is 3. The van der Waals surface area contributed by atoms with Crippen LogP contribution in [0.1, 0.15) is 6.92 Å². The summed E-state index contributed by atoms with van der Waals surface area (Å²) in [6, 6.07) is 14.0. The first-order chi connectivity index (χ1) is 13.4. The van der Waals surface area contributed by atoms with Gasteiger partial charge < -0.3 is 20.1 Å². The zero-order valence-corrected chi connectivity index (χ0v) is 14.9. The van der Waals surface area contributed by atoms with Crippen LogP contribution in [0.15, 0.2) is 66.1 Å². The van der Waals surface area contributed by atoms with E-state index < -0.39 is 29.6 Å². The largest absolute Gasteiger partial charge is 0.470 e. The average molecular weight is 384 g/mol. The first-order valence-corrected chi connectivity index (χ1v) is 8.44. The molecule has 0 aliphatic carbocycles. The lowest BCUT2D eigenvalue weighted by atomic mass is 10.2. The van der Waals surface area contributed by atoms with Crippen molar-refractivity contribution in [1.29, 1.82) is 0 Å². The standard InChI is InChI=1S/C20H17FN2O5/c1-12(18(25)22-15-9-7-13(21)8-10-15)28-20(26)17-16(24)11-27-19(17)23-14-5-3-2-4-6-14/h2-10,12,23H,11H2,1H3,(H,22,25)/t12-/m0/s1. The van der Waals surface area contributed by atoms with E-state index in [1.165, 1.54) is 31.2 Å². The van der Waals surface area contributed by atoms with Crippen molar-refractivity contribution in [2.45, 2.75) is 13.0 Å². The van der Waals surface area contributed by atoms with Gasteiger partial charge in [0.25, 0.3) is 5.91 Å². The number of rotatable bonds is 6. The lowest BCUT2D eigenvalue weighted by Crippen LogP contribution is -2.31. The number of hydrogen-bond donors (Lipinski definition) is 2. The molecule has 1 aliphatic heterocycles. The maximum atomic E-state index is 12.9. The molecule has 7 nitrogen and oxygen atoms in total. The molecule has 0 fully saturated rings. The van der Waals surface area contributed by atoms with E-state index in [9.17, 15) is 18.8 Å². The average Bonchev–Trinajstić information content (AvgIpc) is 3.04. The molecule has 0 unspecified atom stereocenters. The van der Waals surface area contributed by atoms with Crippen LogP contribution >= 0.6 is 0 Å². The van der Waals surface area contributed by atoms with E-state index >= 15 is 0 Å². The van der Waals surface area contributed by atoms with E-state index in [1.807, 2.05) is 6.07 Å². The topological polar surface area (TPSA) is 93.7 Å². The van der Waals surface area contributed by atoms with Crippen LogP contribution in [0.2, 0.25) is 0 Å². The Labute approximate surface area is 160 Å². The summed E-state index contributed by atoms with van der Waals surface area (Å²) in [6.07, 6.45) is -1.18. The van der Waals surface area contributed by atoms with Crippen LogP contribution in [-0.4, -0.2) is 30.4 Å². The molecule has 0 saturated heterocycles. The zero-order valence-electron chi connectivity index (χ0n) is 14.9. The Balaban J connectivity index is 1.67. The number of hydrogen-bond acceptors (Lipinski definition) is 6. The molecule has 144 valence electrons. The van der Waals surface area contributed by atoms with E-state index in [0.29, 0.717) is 11.4 Å². The molecule has 2 aromatic carbocycles. The molecular formula is C20H17FN2O5. The van der Waals surface area contributed by atoms with E-state index in [0.717, 1.165) is 0 Å².